The van der Waals surface area contributed by atoms with Crippen molar-refractivity contribution in [1.29, 1.82) is 0 Å². The lowest BCUT2D eigenvalue weighted by atomic mass is 9.99. The number of aliphatic hydroxyl groups excluding tert-OH is 1. The average molecular weight is 563 g/mol. The first-order valence-electron chi connectivity index (χ1n) is 12.8. The number of fused-ring (bicyclic) bond motifs is 1. The number of aliphatic hydroxyl groups is 1. The number of likely N-dealkylation sites (N-methyl/N-ethyl adjacent to an activating group) is 1. The summed E-state index contributed by atoms with van der Waals surface area (Å²) in [5.74, 6) is 0.170. The smallest absolute Gasteiger partial charge is 0.319 e. The Morgan fingerprint density at radius 1 is 1.21 bits per heavy atom. The number of nitrogens with zero attached hydrogens (tertiary/aromatic N) is 2. The van der Waals surface area contributed by atoms with E-state index in [0.717, 1.165) is 0 Å². The Kier molecular flexibility index (Phi) is 9.81. The molecule has 3 rings (SSSR count). The Morgan fingerprint density at radius 2 is 1.87 bits per heavy atom. The summed E-state index contributed by atoms with van der Waals surface area (Å²) in [5.41, 5.74) is 0.597. The topological polar surface area (TPSA) is 138 Å². The number of rotatable bonds is 9. The van der Waals surface area contributed by atoms with Gasteiger partial charge in [0, 0.05) is 31.2 Å². The molecule has 0 saturated carbocycles. The van der Waals surface area contributed by atoms with E-state index < -0.39 is 28.2 Å². The zero-order valence-corrected chi connectivity index (χ0v) is 24.0. The van der Waals surface area contributed by atoms with Gasteiger partial charge in [0.2, 0.25) is 10.0 Å². The fourth-order valence-corrected chi connectivity index (χ4v) is 5.41. The third kappa shape index (κ3) is 7.20. The van der Waals surface area contributed by atoms with E-state index >= 15 is 0 Å². The minimum atomic E-state index is -3.84. The van der Waals surface area contributed by atoms with Gasteiger partial charge in [0.25, 0.3) is 5.91 Å². The predicted molar refractivity (Wildman–Crippen MR) is 148 cm³/mol. The van der Waals surface area contributed by atoms with Crippen LogP contribution in [0.1, 0.15) is 38.1 Å². The molecule has 0 aliphatic carbocycles. The summed E-state index contributed by atoms with van der Waals surface area (Å²) in [6.45, 7) is 7.27. The molecule has 1 aliphatic rings. The number of sulfonamides is 1. The highest BCUT2D eigenvalue weighted by atomic mass is 32.2. The van der Waals surface area contributed by atoms with Crippen LogP contribution in [0.4, 0.5) is 10.5 Å². The number of benzene rings is 2. The van der Waals surface area contributed by atoms with Crippen LogP contribution in [0.3, 0.4) is 0 Å². The average Bonchev–Trinajstić information content (AvgIpc) is 2.89. The summed E-state index contributed by atoms with van der Waals surface area (Å²) in [5, 5.41) is 15.3. The van der Waals surface area contributed by atoms with Gasteiger partial charge < -0.3 is 30.1 Å². The van der Waals surface area contributed by atoms with E-state index in [4.69, 9.17) is 9.47 Å². The maximum atomic E-state index is 13.6. The quantitative estimate of drug-likeness (QED) is 0.427. The van der Waals surface area contributed by atoms with Crippen molar-refractivity contribution in [2.24, 2.45) is 5.92 Å². The molecule has 1 heterocycles. The minimum absolute atomic E-state index is 0.0152. The van der Waals surface area contributed by atoms with Crippen LogP contribution in [0.25, 0.3) is 0 Å². The van der Waals surface area contributed by atoms with Crippen LogP contribution in [0.5, 0.6) is 11.5 Å². The summed E-state index contributed by atoms with van der Waals surface area (Å²) < 4.78 is 39.2. The third-order valence-corrected chi connectivity index (χ3v) is 8.38. The van der Waals surface area contributed by atoms with Gasteiger partial charge in [-0.05, 0) is 63.2 Å². The fourth-order valence-electron chi connectivity index (χ4n) is 4.23. The number of hydrogen-bond acceptors (Lipinski definition) is 7. The molecule has 39 heavy (non-hydrogen) atoms. The van der Waals surface area contributed by atoms with E-state index in [1.54, 1.807) is 36.1 Å². The molecule has 12 heteroatoms. The molecule has 0 fully saturated rings. The molecule has 1 aliphatic heterocycles. The Balaban J connectivity index is 1.93. The van der Waals surface area contributed by atoms with Crippen molar-refractivity contribution in [1.82, 2.24) is 14.5 Å². The van der Waals surface area contributed by atoms with Crippen LogP contribution in [0.15, 0.2) is 47.4 Å². The molecule has 3 N–H and O–H groups in total. The number of amides is 3. The second kappa shape index (κ2) is 12.7. The number of carbonyl (C=O) groups is 2. The van der Waals surface area contributed by atoms with Gasteiger partial charge in [0.1, 0.15) is 17.6 Å². The molecule has 0 spiro atoms. The lowest BCUT2D eigenvalue weighted by molar-refractivity contribution is 0.0387. The van der Waals surface area contributed by atoms with Crippen molar-refractivity contribution in [3.05, 3.63) is 48.0 Å². The maximum Gasteiger partial charge on any atom is 0.319 e. The van der Waals surface area contributed by atoms with E-state index in [2.05, 4.69) is 10.6 Å². The fraction of sp³-hybridized carbons (Fsp3) is 0.481. The molecule has 0 unspecified atom stereocenters. The van der Waals surface area contributed by atoms with Crippen LogP contribution >= 0.6 is 0 Å². The van der Waals surface area contributed by atoms with Gasteiger partial charge in [-0.15, -0.1) is 0 Å². The molecule has 0 aromatic heterocycles. The number of methoxy groups -OCH3 is 1. The summed E-state index contributed by atoms with van der Waals surface area (Å²) in [6.07, 6.45) is -0.619. The Labute approximate surface area is 230 Å². The summed E-state index contributed by atoms with van der Waals surface area (Å²) in [7, 11) is -0.851. The summed E-state index contributed by atoms with van der Waals surface area (Å²) >= 11 is 0. The Bertz CT molecular complexity index is 1270. The van der Waals surface area contributed by atoms with Gasteiger partial charge in [0.15, 0.2) is 0 Å². The number of anilines is 1. The molecule has 3 amide bonds. The summed E-state index contributed by atoms with van der Waals surface area (Å²) in [6, 6.07) is 9.88. The molecule has 214 valence electrons. The highest BCUT2D eigenvalue weighted by molar-refractivity contribution is 7.89. The van der Waals surface area contributed by atoms with Crippen molar-refractivity contribution in [2.45, 2.75) is 50.8 Å². The van der Waals surface area contributed by atoms with Crippen molar-refractivity contribution in [2.75, 3.05) is 39.2 Å². The lowest BCUT2D eigenvalue weighted by Crippen LogP contribution is -2.50. The minimum Gasteiger partial charge on any atom is -0.497 e. The zero-order valence-electron chi connectivity index (χ0n) is 23.2. The molecule has 2 aromatic rings. The third-order valence-electron chi connectivity index (χ3n) is 6.55. The van der Waals surface area contributed by atoms with E-state index in [-0.39, 0.29) is 53.8 Å². The monoisotopic (exact) mass is 562 g/mol. The Hall–Kier alpha value is -3.35. The van der Waals surface area contributed by atoms with Gasteiger partial charge in [-0.1, -0.05) is 6.92 Å². The van der Waals surface area contributed by atoms with Crippen LogP contribution in [0, 0.1) is 5.92 Å². The standard InChI is InChI=1S/C27H38N4O7S/c1-17(2)28-27(34)29-20-7-12-24-23(13-20)26(33)31(19(4)16-32)14-18(3)25(38-24)15-30(5)39(35,36)22-10-8-21(37-6)9-11-22/h7-13,17-19,25,32H,14-16H2,1-6H3,(H2,28,29,34)/t18-,19-,25-/m0/s1. The van der Waals surface area contributed by atoms with Crippen molar-refractivity contribution >= 4 is 27.6 Å². The van der Waals surface area contributed by atoms with Crippen molar-refractivity contribution in [3.63, 3.8) is 0 Å². The largest absolute Gasteiger partial charge is 0.497 e. The first-order chi connectivity index (χ1) is 18.4. The van der Waals surface area contributed by atoms with Crippen LogP contribution in [0.2, 0.25) is 0 Å². The van der Waals surface area contributed by atoms with Crippen LogP contribution in [-0.2, 0) is 10.0 Å². The number of ether oxygens (including phenoxy) is 2. The number of carbonyl (C=O) groups excluding carboxylic acids is 2. The molecular weight excluding hydrogens is 524 g/mol. The number of urea groups is 1. The normalized spacial score (nSPS) is 18.6. The first kappa shape index (κ1) is 30.2. The van der Waals surface area contributed by atoms with Gasteiger partial charge >= 0.3 is 6.03 Å². The molecular formula is C27H38N4O7S. The predicted octanol–water partition coefficient (Wildman–Crippen LogP) is 2.77. The van der Waals surface area contributed by atoms with Crippen LogP contribution < -0.4 is 20.1 Å². The second-order valence-corrected chi connectivity index (χ2v) is 12.1. The first-order valence-corrected chi connectivity index (χ1v) is 14.2. The van der Waals surface area contributed by atoms with E-state index in [0.29, 0.717) is 11.4 Å². The van der Waals surface area contributed by atoms with Gasteiger partial charge in [-0.3, -0.25) is 4.79 Å². The van der Waals surface area contributed by atoms with Gasteiger partial charge in [-0.25, -0.2) is 13.2 Å². The molecule has 3 atom stereocenters. The number of hydrogen-bond donors (Lipinski definition) is 3. The second-order valence-electron chi connectivity index (χ2n) is 10.0. The summed E-state index contributed by atoms with van der Waals surface area (Å²) in [4.78, 5) is 27.5. The maximum absolute atomic E-state index is 13.6. The molecule has 11 nitrogen and oxygen atoms in total. The molecule has 2 aromatic carbocycles. The van der Waals surface area contributed by atoms with E-state index in [1.807, 2.05) is 20.8 Å². The van der Waals surface area contributed by atoms with Crippen molar-refractivity contribution < 1.29 is 32.6 Å². The molecule has 0 bridgehead atoms. The van der Waals surface area contributed by atoms with Gasteiger partial charge in [-0.2, -0.15) is 4.31 Å². The van der Waals surface area contributed by atoms with Crippen LogP contribution in [-0.4, -0.2) is 86.7 Å². The molecule has 0 radical (unpaired) electrons. The highest BCUT2D eigenvalue weighted by Crippen LogP contribution is 2.31. The van der Waals surface area contributed by atoms with E-state index in [1.165, 1.54) is 36.7 Å². The van der Waals surface area contributed by atoms with E-state index in [9.17, 15) is 23.1 Å². The lowest BCUT2D eigenvalue weighted by Gasteiger charge is -2.38. The van der Waals surface area contributed by atoms with Gasteiger partial charge in [0.05, 0.1) is 36.8 Å². The number of nitrogens with one attached hydrogen (secondary N) is 2. The molecule has 0 saturated heterocycles. The highest BCUT2D eigenvalue weighted by Gasteiger charge is 2.35. The zero-order chi connectivity index (χ0) is 28.9. The van der Waals surface area contributed by atoms with Crippen molar-refractivity contribution in [3.8, 4) is 11.5 Å². The Morgan fingerprint density at radius 3 is 2.46 bits per heavy atom. The SMILES string of the molecule is COc1ccc(S(=O)(=O)N(C)C[C@@H]2Oc3ccc(NC(=O)NC(C)C)cc3C(=O)N([C@@H](C)CO)C[C@@H]2C)cc1.